The van der Waals surface area contributed by atoms with Crippen LogP contribution in [0.5, 0.6) is 0 Å². The van der Waals surface area contributed by atoms with E-state index in [1.54, 1.807) is 13.1 Å². The van der Waals surface area contributed by atoms with E-state index >= 15 is 0 Å². The van der Waals surface area contributed by atoms with Crippen LogP contribution in [0, 0.1) is 12.9 Å². The molecule has 0 bridgehead atoms. The van der Waals surface area contributed by atoms with Crippen molar-refractivity contribution < 1.29 is 9.18 Å². The highest BCUT2D eigenvalue weighted by Crippen LogP contribution is 2.20. The van der Waals surface area contributed by atoms with Crippen LogP contribution in [0.25, 0.3) is 0 Å². The molecular formula is C14H13FN2O. The van der Waals surface area contributed by atoms with E-state index in [4.69, 9.17) is 0 Å². The van der Waals surface area contributed by atoms with Gasteiger partial charge in [-0.1, -0.05) is 18.2 Å². The van der Waals surface area contributed by atoms with Gasteiger partial charge < -0.3 is 4.90 Å². The highest BCUT2D eigenvalue weighted by Gasteiger charge is 2.18. The summed E-state index contributed by atoms with van der Waals surface area (Å²) in [5.74, 6) is -1.15. The fourth-order valence-corrected chi connectivity index (χ4v) is 1.78. The van der Waals surface area contributed by atoms with Gasteiger partial charge in [-0.3, -0.25) is 4.79 Å². The quantitative estimate of drug-likeness (QED) is 0.761. The molecule has 92 valence electrons. The zero-order valence-corrected chi connectivity index (χ0v) is 10.2. The van der Waals surface area contributed by atoms with Crippen LogP contribution in [-0.2, 0) is 0 Å². The number of aromatic nitrogens is 1. The van der Waals surface area contributed by atoms with Gasteiger partial charge in [-0.15, -0.1) is 0 Å². The molecule has 0 saturated heterocycles. The van der Waals surface area contributed by atoms with Gasteiger partial charge in [0, 0.05) is 18.9 Å². The molecule has 0 aliphatic heterocycles. The summed E-state index contributed by atoms with van der Waals surface area (Å²) in [5, 5.41) is 0. The van der Waals surface area contributed by atoms with Gasteiger partial charge in [-0.05, 0) is 30.7 Å². The van der Waals surface area contributed by atoms with E-state index in [2.05, 4.69) is 4.98 Å². The van der Waals surface area contributed by atoms with E-state index < -0.39 is 11.9 Å². The minimum atomic E-state index is -0.747. The first-order chi connectivity index (χ1) is 8.61. The zero-order chi connectivity index (χ0) is 13.1. The van der Waals surface area contributed by atoms with E-state index in [0.717, 1.165) is 11.3 Å². The monoisotopic (exact) mass is 244 g/mol. The minimum absolute atomic E-state index is 0.0248. The summed E-state index contributed by atoms with van der Waals surface area (Å²) in [6.07, 6.45) is 1.32. The van der Waals surface area contributed by atoms with Crippen LogP contribution < -0.4 is 4.90 Å². The molecule has 0 aliphatic carbocycles. The number of hydrogen-bond donors (Lipinski definition) is 0. The van der Waals surface area contributed by atoms with Crippen molar-refractivity contribution in [3.05, 3.63) is 59.7 Å². The van der Waals surface area contributed by atoms with Crippen molar-refractivity contribution in [2.75, 3.05) is 11.9 Å². The highest BCUT2D eigenvalue weighted by molar-refractivity contribution is 6.06. The number of anilines is 1. The summed E-state index contributed by atoms with van der Waals surface area (Å²) in [6, 6.07) is 10.4. The van der Waals surface area contributed by atoms with Gasteiger partial charge in [0.25, 0.3) is 5.91 Å². The second-order valence-corrected chi connectivity index (χ2v) is 3.99. The lowest BCUT2D eigenvalue weighted by atomic mass is 10.1. The molecule has 1 aromatic carbocycles. The fourth-order valence-electron chi connectivity index (χ4n) is 1.78. The van der Waals surface area contributed by atoms with Crippen molar-refractivity contribution in [2.24, 2.45) is 0 Å². The molecule has 0 radical (unpaired) electrons. The molecule has 0 unspecified atom stereocenters. The van der Waals surface area contributed by atoms with Crippen molar-refractivity contribution in [1.82, 2.24) is 4.98 Å². The van der Waals surface area contributed by atoms with E-state index in [-0.39, 0.29) is 5.56 Å². The zero-order valence-electron chi connectivity index (χ0n) is 10.2. The number of nitrogens with zero attached hydrogens (tertiary/aromatic N) is 2. The van der Waals surface area contributed by atoms with Crippen LogP contribution in [0.3, 0.4) is 0 Å². The molecule has 2 aromatic rings. The predicted molar refractivity (Wildman–Crippen MR) is 68.1 cm³/mol. The second kappa shape index (κ2) is 4.96. The summed E-state index contributed by atoms with van der Waals surface area (Å²) in [4.78, 5) is 17.1. The summed E-state index contributed by atoms with van der Waals surface area (Å²) in [6.45, 7) is 1.90. The lowest BCUT2D eigenvalue weighted by molar-refractivity contribution is 0.0988. The molecule has 3 nitrogen and oxygen atoms in total. The maximum absolute atomic E-state index is 13.5. The molecule has 1 amide bonds. The molecule has 0 fully saturated rings. The summed E-state index contributed by atoms with van der Waals surface area (Å²) < 4.78 is 13.5. The Morgan fingerprint density at radius 3 is 2.61 bits per heavy atom. The molecule has 0 N–H and O–H groups in total. The number of amides is 1. The minimum Gasteiger partial charge on any atom is -0.311 e. The van der Waals surface area contributed by atoms with Crippen LogP contribution in [0.1, 0.15) is 15.9 Å². The van der Waals surface area contributed by atoms with Crippen molar-refractivity contribution in [3.8, 4) is 0 Å². The number of carbonyl (C=O) groups excluding carboxylic acids is 1. The van der Waals surface area contributed by atoms with Crippen LogP contribution in [-0.4, -0.2) is 17.9 Å². The van der Waals surface area contributed by atoms with Gasteiger partial charge in [0.1, 0.15) is 0 Å². The molecule has 18 heavy (non-hydrogen) atoms. The molecule has 1 aromatic heterocycles. The predicted octanol–water partition coefficient (Wildman–Crippen LogP) is 2.81. The number of rotatable bonds is 2. The Labute approximate surface area is 105 Å². The van der Waals surface area contributed by atoms with E-state index in [9.17, 15) is 9.18 Å². The molecule has 0 spiro atoms. The Kier molecular flexibility index (Phi) is 3.37. The molecule has 0 atom stereocenters. The standard InChI is InChI=1S/C14H13FN2O/c1-10-6-3-4-8-12(10)17(2)14(18)11-7-5-9-16-13(11)15/h3-9H,1-2H3. The Bertz CT molecular complexity index is 584. The van der Waals surface area contributed by atoms with E-state index in [0.29, 0.717) is 0 Å². The summed E-state index contributed by atoms with van der Waals surface area (Å²) in [5.41, 5.74) is 1.69. The molecule has 0 aliphatic rings. The van der Waals surface area contributed by atoms with Crippen molar-refractivity contribution in [3.63, 3.8) is 0 Å². The average molecular weight is 244 g/mol. The fraction of sp³-hybridized carbons (Fsp3) is 0.143. The first-order valence-corrected chi connectivity index (χ1v) is 5.55. The third-order valence-corrected chi connectivity index (χ3v) is 2.77. The number of halogens is 1. The smallest absolute Gasteiger partial charge is 0.262 e. The van der Waals surface area contributed by atoms with Crippen molar-refractivity contribution in [2.45, 2.75) is 6.92 Å². The van der Waals surface area contributed by atoms with Crippen LogP contribution >= 0.6 is 0 Å². The largest absolute Gasteiger partial charge is 0.311 e. The Hall–Kier alpha value is -2.23. The molecule has 1 heterocycles. The van der Waals surface area contributed by atoms with Crippen LogP contribution in [0.4, 0.5) is 10.1 Å². The lowest BCUT2D eigenvalue weighted by Crippen LogP contribution is -2.28. The number of hydrogen-bond acceptors (Lipinski definition) is 2. The van der Waals surface area contributed by atoms with Gasteiger partial charge in [0.05, 0.1) is 5.56 Å². The van der Waals surface area contributed by atoms with Gasteiger partial charge in [0.2, 0.25) is 5.95 Å². The maximum Gasteiger partial charge on any atom is 0.262 e. The number of aryl methyl sites for hydroxylation is 1. The van der Waals surface area contributed by atoms with Crippen LogP contribution in [0.2, 0.25) is 0 Å². The van der Waals surface area contributed by atoms with Crippen molar-refractivity contribution >= 4 is 11.6 Å². The van der Waals surface area contributed by atoms with Gasteiger partial charge >= 0.3 is 0 Å². The Morgan fingerprint density at radius 2 is 1.94 bits per heavy atom. The SMILES string of the molecule is Cc1ccccc1N(C)C(=O)c1cccnc1F. The number of benzene rings is 1. The number of carbonyl (C=O) groups is 1. The van der Waals surface area contributed by atoms with Gasteiger partial charge in [-0.25, -0.2) is 4.98 Å². The summed E-state index contributed by atoms with van der Waals surface area (Å²) >= 11 is 0. The molecule has 4 heteroatoms. The lowest BCUT2D eigenvalue weighted by Gasteiger charge is -2.19. The molecule has 2 rings (SSSR count). The normalized spacial score (nSPS) is 10.2. The van der Waals surface area contributed by atoms with Gasteiger partial charge in [-0.2, -0.15) is 4.39 Å². The number of pyridine rings is 1. The van der Waals surface area contributed by atoms with E-state index in [1.165, 1.54) is 17.2 Å². The first kappa shape index (κ1) is 12.2. The third kappa shape index (κ3) is 2.22. The first-order valence-electron chi connectivity index (χ1n) is 5.55. The second-order valence-electron chi connectivity index (χ2n) is 3.99. The Balaban J connectivity index is 2.36. The maximum atomic E-state index is 13.5. The van der Waals surface area contributed by atoms with Crippen molar-refractivity contribution in [1.29, 1.82) is 0 Å². The molecule has 0 saturated carbocycles. The highest BCUT2D eigenvalue weighted by atomic mass is 19.1. The van der Waals surface area contributed by atoms with Crippen LogP contribution in [0.15, 0.2) is 42.6 Å². The third-order valence-electron chi connectivity index (χ3n) is 2.77. The summed E-state index contributed by atoms with van der Waals surface area (Å²) in [7, 11) is 1.62. The molecular weight excluding hydrogens is 231 g/mol. The number of para-hydroxylation sites is 1. The van der Waals surface area contributed by atoms with Gasteiger partial charge in [0.15, 0.2) is 0 Å². The van der Waals surface area contributed by atoms with E-state index in [1.807, 2.05) is 31.2 Å². The topological polar surface area (TPSA) is 33.2 Å². The Morgan fingerprint density at radius 1 is 1.22 bits per heavy atom. The average Bonchev–Trinajstić information content (AvgIpc) is 2.38.